The summed E-state index contributed by atoms with van der Waals surface area (Å²) in [6.07, 6.45) is 2.58. The number of thiophene rings is 1. The van der Waals surface area contributed by atoms with Gasteiger partial charge in [-0.25, -0.2) is 4.68 Å². The van der Waals surface area contributed by atoms with E-state index in [1.807, 2.05) is 48.7 Å². The van der Waals surface area contributed by atoms with E-state index in [0.717, 1.165) is 52.0 Å². The van der Waals surface area contributed by atoms with Gasteiger partial charge in [0.2, 0.25) is 11.8 Å². The second kappa shape index (κ2) is 11.9. The molecule has 2 aromatic heterocycles. The molecule has 4 aromatic rings. The van der Waals surface area contributed by atoms with Gasteiger partial charge in [-0.1, -0.05) is 47.2 Å². The summed E-state index contributed by atoms with van der Waals surface area (Å²) in [6.45, 7) is 5.59. The number of rotatable bonds is 10. The maximum absolute atomic E-state index is 14.0. The molecule has 9 heteroatoms. The SMILES string of the molecule is Cc1cccc(CCN(C(=O)Cn2nnc3ccccc32)[C@H](C(=O)NC[C@H]2CCCO2)c2sccc2C)c1. The van der Waals surface area contributed by atoms with Crippen LogP contribution in [-0.2, 0) is 27.3 Å². The van der Waals surface area contributed by atoms with Gasteiger partial charge in [0.15, 0.2) is 0 Å². The molecule has 0 aliphatic carbocycles. The Hall–Kier alpha value is -3.56. The molecule has 2 amide bonds. The molecular weight excluding hydrogens is 498 g/mol. The molecule has 3 heterocycles. The third-order valence-corrected chi connectivity index (χ3v) is 8.06. The Labute approximate surface area is 226 Å². The summed E-state index contributed by atoms with van der Waals surface area (Å²) in [4.78, 5) is 30.4. The molecule has 198 valence electrons. The average Bonchev–Trinajstić information content (AvgIpc) is 3.67. The zero-order valence-electron chi connectivity index (χ0n) is 21.8. The van der Waals surface area contributed by atoms with Gasteiger partial charge in [-0.15, -0.1) is 16.4 Å². The summed E-state index contributed by atoms with van der Waals surface area (Å²) in [5.41, 5.74) is 4.79. The molecule has 1 fully saturated rings. The van der Waals surface area contributed by atoms with Crippen LogP contribution < -0.4 is 5.32 Å². The Morgan fingerprint density at radius 2 is 2.05 bits per heavy atom. The van der Waals surface area contributed by atoms with Crippen molar-refractivity contribution >= 4 is 34.2 Å². The molecule has 0 unspecified atom stereocenters. The molecule has 1 N–H and O–H groups in total. The van der Waals surface area contributed by atoms with Crippen LogP contribution in [0.3, 0.4) is 0 Å². The first kappa shape index (κ1) is 26.1. The van der Waals surface area contributed by atoms with Crippen molar-refractivity contribution < 1.29 is 14.3 Å². The topological polar surface area (TPSA) is 89.4 Å². The van der Waals surface area contributed by atoms with E-state index < -0.39 is 6.04 Å². The maximum Gasteiger partial charge on any atom is 0.248 e. The lowest BCUT2D eigenvalue weighted by Crippen LogP contribution is -2.47. The van der Waals surface area contributed by atoms with Crippen LogP contribution in [-0.4, -0.2) is 57.5 Å². The third kappa shape index (κ3) is 5.95. The second-order valence-electron chi connectivity index (χ2n) is 9.81. The van der Waals surface area contributed by atoms with Gasteiger partial charge in [0.05, 0.1) is 11.6 Å². The highest BCUT2D eigenvalue weighted by molar-refractivity contribution is 7.10. The zero-order valence-corrected chi connectivity index (χ0v) is 22.6. The number of carbonyl (C=O) groups is 2. The van der Waals surface area contributed by atoms with E-state index in [9.17, 15) is 9.59 Å². The van der Waals surface area contributed by atoms with Gasteiger partial charge in [0.1, 0.15) is 18.1 Å². The van der Waals surface area contributed by atoms with Crippen molar-refractivity contribution in [3.63, 3.8) is 0 Å². The third-order valence-electron chi connectivity index (χ3n) is 6.99. The van der Waals surface area contributed by atoms with E-state index in [4.69, 9.17) is 4.74 Å². The molecule has 2 aromatic carbocycles. The minimum atomic E-state index is -0.747. The molecule has 5 rings (SSSR count). The Balaban J connectivity index is 1.45. The Bertz CT molecular complexity index is 1410. The largest absolute Gasteiger partial charge is 0.376 e. The van der Waals surface area contributed by atoms with Gasteiger partial charge in [-0.2, -0.15) is 0 Å². The van der Waals surface area contributed by atoms with Crippen LogP contribution in [0.2, 0.25) is 0 Å². The van der Waals surface area contributed by atoms with E-state index in [-0.39, 0.29) is 24.5 Å². The minimum absolute atomic E-state index is 0.00568. The summed E-state index contributed by atoms with van der Waals surface area (Å²) in [5.74, 6) is -0.370. The number of aryl methyl sites for hydroxylation is 2. The summed E-state index contributed by atoms with van der Waals surface area (Å²) in [7, 11) is 0. The number of nitrogens with zero attached hydrogens (tertiary/aromatic N) is 4. The number of aromatic nitrogens is 3. The maximum atomic E-state index is 14.0. The first-order chi connectivity index (χ1) is 18.5. The van der Waals surface area contributed by atoms with Gasteiger partial charge in [-0.3, -0.25) is 9.59 Å². The van der Waals surface area contributed by atoms with E-state index >= 15 is 0 Å². The number of carbonyl (C=O) groups excluding carboxylic acids is 2. The smallest absolute Gasteiger partial charge is 0.248 e. The number of fused-ring (bicyclic) bond motifs is 1. The van der Waals surface area contributed by atoms with E-state index in [1.54, 1.807) is 9.58 Å². The quantitative estimate of drug-likeness (QED) is 0.331. The van der Waals surface area contributed by atoms with Crippen molar-refractivity contribution in [3.05, 3.63) is 81.5 Å². The fourth-order valence-electron chi connectivity index (χ4n) is 4.95. The van der Waals surface area contributed by atoms with Crippen LogP contribution in [0.1, 0.15) is 40.5 Å². The highest BCUT2D eigenvalue weighted by Gasteiger charge is 2.34. The molecular formula is C29H33N5O3S. The molecule has 0 bridgehead atoms. The van der Waals surface area contributed by atoms with Gasteiger partial charge >= 0.3 is 0 Å². The van der Waals surface area contributed by atoms with Crippen molar-refractivity contribution in [1.29, 1.82) is 0 Å². The van der Waals surface area contributed by atoms with E-state index in [0.29, 0.717) is 19.5 Å². The van der Waals surface area contributed by atoms with Crippen LogP contribution in [0.25, 0.3) is 11.0 Å². The first-order valence-electron chi connectivity index (χ1n) is 13.1. The lowest BCUT2D eigenvalue weighted by Gasteiger charge is -2.31. The number of amides is 2. The van der Waals surface area contributed by atoms with Crippen molar-refractivity contribution in [3.8, 4) is 0 Å². The summed E-state index contributed by atoms with van der Waals surface area (Å²) >= 11 is 1.50. The number of nitrogens with one attached hydrogen (secondary N) is 1. The molecule has 0 saturated carbocycles. The number of hydrogen-bond acceptors (Lipinski definition) is 6. The number of para-hydroxylation sites is 1. The van der Waals surface area contributed by atoms with Crippen LogP contribution >= 0.6 is 11.3 Å². The van der Waals surface area contributed by atoms with E-state index in [1.165, 1.54) is 11.3 Å². The van der Waals surface area contributed by atoms with Gasteiger partial charge in [0.25, 0.3) is 0 Å². The first-order valence-corrected chi connectivity index (χ1v) is 13.9. The second-order valence-corrected chi connectivity index (χ2v) is 10.8. The van der Waals surface area contributed by atoms with E-state index in [2.05, 4.69) is 40.8 Å². The van der Waals surface area contributed by atoms with Gasteiger partial charge in [-0.05, 0) is 67.8 Å². The van der Waals surface area contributed by atoms with Crippen LogP contribution in [0.5, 0.6) is 0 Å². The summed E-state index contributed by atoms with van der Waals surface area (Å²) < 4.78 is 7.33. The highest BCUT2D eigenvalue weighted by Crippen LogP contribution is 2.30. The monoisotopic (exact) mass is 531 g/mol. The minimum Gasteiger partial charge on any atom is -0.376 e. The molecule has 1 aliphatic heterocycles. The average molecular weight is 532 g/mol. The van der Waals surface area contributed by atoms with Crippen molar-refractivity contribution in [1.82, 2.24) is 25.2 Å². The molecule has 38 heavy (non-hydrogen) atoms. The summed E-state index contributed by atoms with van der Waals surface area (Å²) in [6, 6.07) is 17.1. The summed E-state index contributed by atoms with van der Waals surface area (Å²) in [5, 5.41) is 13.5. The molecule has 1 saturated heterocycles. The van der Waals surface area contributed by atoms with Crippen LogP contribution in [0.15, 0.2) is 60.0 Å². The molecule has 0 spiro atoms. The highest BCUT2D eigenvalue weighted by atomic mass is 32.1. The molecule has 2 atom stereocenters. The molecule has 1 aliphatic rings. The van der Waals surface area contributed by atoms with Crippen LogP contribution in [0, 0.1) is 13.8 Å². The number of benzene rings is 2. The normalized spacial score (nSPS) is 16.0. The predicted octanol–water partition coefficient (Wildman–Crippen LogP) is 4.22. The van der Waals surface area contributed by atoms with Crippen LogP contribution in [0.4, 0.5) is 0 Å². The fourth-order valence-corrected chi connectivity index (χ4v) is 5.99. The molecule has 8 nitrogen and oxygen atoms in total. The standard InChI is InChI=1S/C29H33N5O3S/c1-20-7-5-8-22(17-20)12-14-33(26(35)19-34-25-11-4-3-10-24(25)31-32-34)27(28-21(2)13-16-38-28)29(36)30-18-23-9-6-15-37-23/h3-5,7-8,10-11,13,16-17,23,27H,6,9,12,14-15,18-19H2,1-2H3,(H,30,36)/t23-,27+/m1/s1. The zero-order chi connectivity index (χ0) is 26.5. The van der Waals surface area contributed by atoms with Gasteiger partial charge in [0, 0.05) is 24.6 Å². The molecule has 0 radical (unpaired) electrons. The fraction of sp³-hybridized carbons (Fsp3) is 0.379. The Morgan fingerprint density at radius 1 is 1.18 bits per heavy atom. The lowest BCUT2D eigenvalue weighted by molar-refractivity contribution is -0.141. The van der Waals surface area contributed by atoms with Crippen molar-refractivity contribution in [2.45, 2.75) is 51.8 Å². The number of hydrogen-bond donors (Lipinski definition) is 1. The number of ether oxygens (including phenoxy) is 1. The van der Waals surface area contributed by atoms with Gasteiger partial charge < -0.3 is 15.0 Å². The predicted molar refractivity (Wildman–Crippen MR) is 148 cm³/mol. The van der Waals surface area contributed by atoms with Crippen molar-refractivity contribution in [2.75, 3.05) is 19.7 Å². The Morgan fingerprint density at radius 3 is 2.82 bits per heavy atom. The lowest BCUT2D eigenvalue weighted by atomic mass is 10.1. The Kier molecular flexibility index (Phi) is 8.14. The van der Waals surface area contributed by atoms with Crippen molar-refractivity contribution in [2.24, 2.45) is 0 Å².